The Morgan fingerprint density at radius 3 is 2.29 bits per heavy atom. The predicted molar refractivity (Wildman–Crippen MR) is 71.9 cm³/mol. The summed E-state index contributed by atoms with van der Waals surface area (Å²) in [7, 11) is 0. The van der Waals surface area contributed by atoms with Gasteiger partial charge in [0.15, 0.2) is 0 Å². The summed E-state index contributed by atoms with van der Waals surface area (Å²) in [4.78, 5) is 33.1. The Hall–Kier alpha value is -2.51. The van der Waals surface area contributed by atoms with Crippen LogP contribution < -0.4 is 10.6 Å². The first-order valence-electron chi connectivity index (χ1n) is 6.29. The largest absolute Gasteiger partial charge is 0.481 e. The highest BCUT2D eigenvalue weighted by Crippen LogP contribution is 2.20. The Morgan fingerprint density at radius 1 is 1.24 bits per heavy atom. The van der Waals surface area contributed by atoms with Gasteiger partial charge in [0.25, 0.3) is 0 Å². The van der Waals surface area contributed by atoms with E-state index in [4.69, 9.17) is 14.6 Å². The number of carbonyl (C=O) groups is 3. The molecule has 8 nitrogen and oxygen atoms in total. The van der Waals surface area contributed by atoms with Crippen molar-refractivity contribution in [2.24, 2.45) is 0 Å². The normalized spacial score (nSPS) is 13.3. The summed E-state index contributed by atoms with van der Waals surface area (Å²) in [5.41, 5.74) is 0.771. The van der Waals surface area contributed by atoms with Gasteiger partial charge >= 0.3 is 18.0 Å². The van der Waals surface area contributed by atoms with Gasteiger partial charge in [0.2, 0.25) is 0 Å². The smallest absolute Gasteiger partial charge is 0.326 e. The molecule has 0 aliphatic carbocycles. The minimum absolute atomic E-state index is 0.401. The van der Waals surface area contributed by atoms with Gasteiger partial charge in [0.05, 0.1) is 12.5 Å². The van der Waals surface area contributed by atoms with E-state index in [-0.39, 0.29) is 0 Å². The van der Waals surface area contributed by atoms with Crippen molar-refractivity contribution in [3.63, 3.8) is 0 Å². The summed E-state index contributed by atoms with van der Waals surface area (Å²) in [5, 5.41) is 22.1. The van der Waals surface area contributed by atoms with Crippen LogP contribution in [0.4, 0.5) is 4.79 Å². The number of amides is 2. The SMILES string of the molecule is Cc1cc(C(C)NC(=O)N[C@@H](CC(=O)O)C(=O)O)c(C)o1. The van der Waals surface area contributed by atoms with Crippen molar-refractivity contribution >= 4 is 18.0 Å². The number of carboxylic acids is 2. The van der Waals surface area contributed by atoms with Gasteiger partial charge in [0, 0.05) is 5.56 Å². The number of aliphatic carboxylic acids is 2. The Balaban J connectivity index is 2.65. The molecule has 0 saturated carbocycles. The summed E-state index contributed by atoms with van der Waals surface area (Å²) in [6.07, 6.45) is -0.693. The summed E-state index contributed by atoms with van der Waals surface area (Å²) in [5.74, 6) is -1.36. The number of urea groups is 1. The molecule has 1 aromatic rings. The molecule has 0 radical (unpaired) electrons. The van der Waals surface area contributed by atoms with E-state index in [1.54, 1.807) is 26.8 Å². The first-order chi connectivity index (χ1) is 9.70. The van der Waals surface area contributed by atoms with Crippen molar-refractivity contribution < 1.29 is 29.0 Å². The number of rotatable bonds is 6. The van der Waals surface area contributed by atoms with E-state index in [0.717, 1.165) is 5.56 Å². The van der Waals surface area contributed by atoms with E-state index in [0.29, 0.717) is 11.5 Å². The topological polar surface area (TPSA) is 129 Å². The average molecular weight is 298 g/mol. The fraction of sp³-hybridized carbons (Fsp3) is 0.462. The highest BCUT2D eigenvalue weighted by molar-refractivity contribution is 5.86. The number of nitrogens with one attached hydrogen (secondary N) is 2. The average Bonchev–Trinajstić information content (AvgIpc) is 2.66. The highest BCUT2D eigenvalue weighted by atomic mass is 16.4. The molecule has 116 valence electrons. The number of aryl methyl sites for hydroxylation is 2. The molecular weight excluding hydrogens is 280 g/mol. The molecule has 0 saturated heterocycles. The highest BCUT2D eigenvalue weighted by Gasteiger charge is 2.24. The molecule has 21 heavy (non-hydrogen) atoms. The van der Waals surface area contributed by atoms with Crippen molar-refractivity contribution in [2.45, 2.75) is 39.3 Å². The standard InChI is InChI=1S/C13H18N2O6/c1-6-4-9(8(3)21-6)7(2)14-13(20)15-10(12(18)19)5-11(16)17/h4,7,10H,5H2,1-3H3,(H,16,17)(H,18,19)(H2,14,15,20)/t7?,10-/m0/s1. The van der Waals surface area contributed by atoms with Gasteiger partial charge in [0.1, 0.15) is 17.6 Å². The minimum atomic E-state index is -1.48. The molecule has 1 heterocycles. The molecular formula is C13H18N2O6. The van der Waals surface area contributed by atoms with Crippen molar-refractivity contribution in [3.8, 4) is 0 Å². The summed E-state index contributed by atoms with van der Waals surface area (Å²) in [6.45, 7) is 5.24. The van der Waals surface area contributed by atoms with Crippen LogP contribution in [-0.4, -0.2) is 34.2 Å². The molecule has 1 unspecified atom stereocenters. The molecule has 4 N–H and O–H groups in total. The number of carbonyl (C=O) groups excluding carboxylic acids is 1. The van der Waals surface area contributed by atoms with Crippen LogP contribution in [0.25, 0.3) is 0 Å². The van der Waals surface area contributed by atoms with Crippen LogP contribution in [0.1, 0.15) is 36.5 Å². The van der Waals surface area contributed by atoms with Crippen LogP contribution in [0.2, 0.25) is 0 Å². The molecule has 1 rings (SSSR count). The quantitative estimate of drug-likeness (QED) is 0.624. The van der Waals surface area contributed by atoms with Crippen molar-refractivity contribution in [1.82, 2.24) is 10.6 Å². The van der Waals surface area contributed by atoms with E-state index in [9.17, 15) is 14.4 Å². The second-order valence-electron chi connectivity index (χ2n) is 4.70. The van der Waals surface area contributed by atoms with Crippen molar-refractivity contribution in [2.75, 3.05) is 0 Å². The molecule has 2 amide bonds. The molecule has 1 aromatic heterocycles. The summed E-state index contributed by atoms with van der Waals surface area (Å²) >= 11 is 0. The molecule has 2 atom stereocenters. The zero-order chi connectivity index (χ0) is 16.2. The number of furan rings is 1. The monoisotopic (exact) mass is 298 g/mol. The first-order valence-corrected chi connectivity index (χ1v) is 6.29. The Morgan fingerprint density at radius 2 is 1.86 bits per heavy atom. The maximum absolute atomic E-state index is 11.7. The summed E-state index contributed by atoms with van der Waals surface area (Å²) < 4.78 is 5.35. The fourth-order valence-corrected chi connectivity index (χ4v) is 1.93. The third-order valence-electron chi connectivity index (χ3n) is 2.88. The zero-order valence-electron chi connectivity index (χ0n) is 12.0. The van der Waals surface area contributed by atoms with Crippen molar-refractivity contribution in [1.29, 1.82) is 0 Å². The Kier molecular flexibility index (Phi) is 5.34. The van der Waals surface area contributed by atoms with Crippen molar-refractivity contribution in [3.05, 3.63) is 23.2 Å². The van der Waals surface area contributed by atoms with Crippen LogP contribution in [0.3, 0.4) is 0 Å². The van der Waals surface area contributed by atoms with E-state index >= 15 is 0 Å². The lowest BCUT2D eigenvalue weighted by molar-refractivity contribution is -0.145. The first kappa shape index (κ1) is 16.5. The molecule has 0 bridgehead atoms. The van der Waals surface area contributed by atoms with Gasteiger partial charge in [-0.1, -0.05) is 0 Å². The van der Waals surface area contributed by atoms with E-state index in [1.807, 2.05) is 0 Å². The Bertz CT molecular complexity index is 551. The third kappa shape index (κ3) is 4.83. The maximum atomic E-state index is 11.7. The lowest BCUT2D eigenvalue weighted by Gasteiger charge is -2.17. The van der Waals surface area contributed by atoms with Crippen LogP contribution >= 0.6 is 0 Å². The second kappa shape index (κ2) is 6.78. The van der Waals surface area contributed by atoms with Gasteiger partial charge in [-0.05, 0) is 26.8 Å². The fourth-order valence-electron chi connectivity index (χ4n) is 1.93. The maximum Gasteiger partial charge on any atom is 0.326 e. The number of hydrogen-bond acceptors (Lipinski definition) is 4. The third-order valence-corrected chi connectivity index (χ3v) is 2.88. The second-order valence-corrected chi connectivity index (χ2v) is 4.70. The zero-order valence-corrected chi connectivity index (χ0v) is 12.0. The van der Waals surface area contributed by atoms with Gasteiger partial charge in [-0.3, -0.25) is 4.79 Å². The number of hydrogen-bond donors (Lipinski definition) is 4. The van der Waals surface area contributed by atoms with Crippen LogP contribution in [-0.2, 0) is 9.59 Å². The van der Waals surface area contributed by atoms with E-state index < -0.39 is 36.5 Å². The lowest BCUT2D eigenvalue weighted by Crippen LogP contribution is -2.47. The lowest BCUT2D eigenvalue weighted by atomic mass is 10.1. The van der Waals surface area contributed by atoms with Gasteiger partial charge < -0.3 is 25.3 Å². The Labute approximate surface area is 121 Å². The molecule has 0 aliphatic rings. The van der Waals surface area contributed by atoms with E-state index in [1.165, 1.54) is 0 Å². The van der Waals surface area contributed by atoms with Crippen LogP contribution in [0, 0.1) is 13.8 Å². The molecule has 0 fully saturated rings. The molecule has 0 aromatic carbocycles. The van der Waals surface area contributed by atoms with Crippen LogP contribution in [0.5, 0.6) is 0 Å². The van der Waals surface area contributed by atoms with Gasteiger partial charge in [-0.15, -0.1) is 0 Å². The van der Waals surface area contributed by atoms with E-state index in [2.05, 4.69) is 10.6 Å². The number of carboxylic acid groups (broad SMARTS) is 2. The van der Waals surface area contributed by atoms with Crippen LogP contribution in [0.15, 0.2) is 10.5 Å². The molecule has 0 spiro atoms. The predicted octanol–water partition coefficient (Wildman–Crippen LogP) is 1.18. The molecule has 8 heteroatoms. The minimum Gasteiger partial charge on any atom is -0.481 e. The van der Waals surface area contributed by atoms with Gasteiger partial charge in [-0.25, -0.2) is 9.59 Å². The summed E-state index contributed by atoms with van der Waals surface area (Å²) in [6, 6.07) is -0.871. The molecule has 0 aliphatic heterocycles. The van der Waals surface area contributed by atoms with Gasteiger partial charge in [-0.2, -0.15) is 0 Å².